The number of piperidine rings is 1. The maximum absolute atomic E-state index is 13.0. The first kappa shape index (κ1) is 17.2. The fraction of sp³-hybridized carbons (Fsp3) is 0.529. The molecule has 2 aliphatic rings. The second-order valence-corrected chi connectivity index (χ2v) is 7.24. The van der Waals surface area contributed by atoms with Crippen LogP contribution < -0.4 is 0 Å². The van der Waals surface area contributed by atoms with Gasteiger partial charge < -0.3 is 14.9 Å². The highest BCUT2D eigenvalue weighted by Gasteiger charge is 2.30. The zero-order valence-electron chi connectivity index (χ0n) is 13.4. The molecule has 5 nitrogen and oxygen atoms in total. The molecule has 7 heteroatoms. The molecule has 1 aromatic rings. The molecular weight excluding hydrogens is 331 g/mol. The normalized spacial score (nSPS) is 20.5. The van der Waals surface area contributed by atoms with Gasteiger partial charge in [0.25, 0.3) is 0 Å². The lowest BCUT2D eigenvalue weighted by Gasteiger charge is -2.35. The molecule has 1 unspecified atom stereocenters. The van der Waals surface area contributed by atoms with Crippen molar-refractivity contribution >= 4 is 23.6 Å². The van der Waals surface area contributed by atoms with Crippen LogP contribution in [0.2, 0.25) is 0 Å². The highest BCUT2D eigenvalue weighted by molar-refractivity contribution is 8.00. The SMILES string of the molecule is O=C(CN1CSCC1=O)N1CCC(C(O)c2ccc(F)cc2)CC1. The van der Waals surface area contributed by atoms with Crippen LogP contribution in [0, 0.1) is 11.7 Å². The van der Waals surface area contributed by atoms with Crippen LogP contribution in [-0.4, -0.2) is 58.0 Å². The summed E-state index contributed by atoms with van der Waals surface area (Å²) in [5.41, 5.74) is 0.709. The smallest absolute Gasteiger partial charge is 0.242 e. The van der Waals surface area contributed by atoms with Crippen LogP contribution in [0.5, 0.6) is 0 Å². The molecule has 1 atom stereocenters. The van der Waals surface area contributed by atoms with Gasteiger partial charge in [-0.3, -0.25) is 9.59 Å². The van der Waals surface area contributed by atoms with Gasteiger partial charge in [0, 0.05) is 13.1 Å². The van der Waals surface area contributed by atoms with E-state index in [9.17, 15) is 19.1 Å². The van der Waals surface area contributed by atoms with E-state index in [1.165, 1.54) is 23.9 Å². The lowest BCUT2D eigenvalue weighted by atomic mass is 9.87. The second-order valence-electron chi connectivity index (χ2n) is 6.28. The van der Waals surface area contributed by atoms with Crippen molar-refractivity contribution in [3.05, 3.63) is 35.6 Å². The van der Waals surface area contributed by atoms with Crippen LogP contribution in [0.3, 0.4) is 0 Å². The zero-order chi connectivity index (χ0) is 17.1. The Bertz CT molecular complexity index is 602. The maximum Gasteiger partial charge on any atom is 0.242 e. The molecule has 0 spiro atoms. The van der Waals surface area contributed by atoms with Crippen LogP contribution in [0.1, 0.15) is 24.5 Å². The van der Waals surface area contributed by atoms with Crippen molar-refractivity contribution < 1.29 is 19.1 Å². The van der Waals surface area contributed by atoms with Gasteiger partial charge in [0.1, 0.15) is 12.4 Å². The number of hydrogen-bond donors (Lipinski definition) is 1. The Balaban J connectivity index is 1.50. The third-order valence-corrected chi connectivity index (χ3v) is 5.65. The van der Waals surface area contributed by atoms with E-state index in [-0.39, 0.29) is 30.1 Å². The topological polar surface area (TPSA) is 60.9 Å². The molecular formula is C17H21FN2O3S. The number of likely N-dealkylation sites (tertiary alicyclic amines) is 1. The van der Waals surface area contributed by atoms with Crippen LogP contribution >= 0.6 is 11.8 Å². The molecule has 1 N–H and O–H groups in total. The summed E-state index contributed by atoms with van der Waals surface area (Å²) in [6.07, 6.45) is 0.763. The summed E-state index contributed by atoms with van der Waals surface area (Å²) < 4.78 is 13.0. The predicted molar refractivity (Wildman–Crippen MR) is 89.7 cm³/mol. The zero-order valence-corrected chi connectivity index (χ0v) is 14.2. The van der Waals surface area contributed by atoms with E-state index < -0.39 is 6.10 Å². The van der Waals surface area contributed by atoms with E-state index in [1.807, 2.05) is 0 Å². The van der Waals surface area contributed by atoms with Crippen molar-refractivity contribution in [2.24, 2.45) is 5.92 Å². The van der Waals surface area contributed by atoms with Crippen molar-refractivity contribution in [3.63, 3.8) is 0 Å². The molecule has 2 saturated heterocycles. The molecule has 2 heterocycles. The first-order chi connectivity index (χ1) is 11.5. The number of carbonyl (C=O) groups excluding carboxylic acids is 2. The summed E-state index contributed by atoms with van der Waals surface area (Å²) in [4.78, 5) is 27.2. The maximum atomic E-state index is 13.0. The average Bonchev–Trinajstić information content (AvgIpc) is 3.00. The average molecular weight is 352 g/mol. The van der Waals surface area contributed by atoms with Crippen molar-refractivity contribution in [1.29, 1.82) is 0 Å². The number of hydrogen-bond acceptors (Lipinski definition) is 4. The van der Waals surface area contributed by atoms with Gasteiger partial charge in [0.05, 0.1) is 17.7 Å². The Hall–Kier alpha value is -1.60. The minimum atomic E-state index is -0.639. The lowest BCUT2D eigenvalue weighted by molar-refractivity contribution is -0.139. The number of aliphatic hydroxyl groups excluding tert-OH is 1. The first-order valence-electron chi connectivity index (χ1n) is 8.11. The van der Waals surface area contributed by atoms with Crippen molar-refractivity contribution in [2.75, 3.05) is 31.3 Å². The number of benzene rings is 1. The summed E-state index contributed by atoms with van der Waals surface area (Å²) in [6.45, 7) is 1.31. The Kier molecular flexibility index (Phi) is 5.40. The molecule has 0 aromatic heterocycles. The fourth-order valence-electron chi connectivity index (χ4n) is 3.20. The van der Waals surface area contributed by atoms with Gasteiger partial charge in [-0.1, -0.05) is 12.1 Å². The van der Waals surface area contributed by atoms with Crippen molar-refractivity contribution in [3.8, 4) is 0 Å². The number of halogens is 1. The van der Waals surface area contributed by atoms with Crippen molar-refractivity contribution in [1.82, 2.24) is 9.80 Å². The molecule has 2 amide bonds. The molecule has 2 fully saturated rings. The van der Waals surface area contributed by atoms with Gasteiger partial charge >= 0.3 is 0 Å². The van der Waals surface area contributed by atoms with Gasteiger partial charge in [0.2, 0.25) is 11.8 Å². The van der Waals surface area contributed by atoms with E-state index in [0.717, 1.165) is 0 Å². The Morgan fingerprint density at radius 2 is 1.96 bits per heavy atom. The number of thioether (sulfide) groups is 1. The van der Waals surface area contributed by atoms with E-state index in [2.05, 4.69) is 0 Å². The summed E-state index contributed by atoms with van der Waals surface area (Å²) in [5.74, 6) is 0.781. The molecule has 0 radical (unpaired) electrons. The van der Waals surface area contributed by atoms with Crippen LogP contribution in [0.25, 0.3) is 0 Å². The molecule has 24 heavy (non-hydrogen) atoms. The van der Waals surface area contributed by atoms with Gasteiger partial charge in [-0.05, 0) is 36.5 Å². The van der Waals surface area contributed by atoms with Crippen molar-refractivity contribution in [2.45, 2.75) is 18.9 Å². The third kappa shape index (κ3) is 3.89. The molecule has 0 bridgehead atoms. The summed E-state index contributed by atoms with van der Waals surface area (Å²) in [6, 6.07) is 5.91. The molecule has 0 aliphatic carbocycles. The minimum absolute atomic E-state index is 0.0231. The van der Waals surface area contributed by atoms with E-state index in [0.29, 0.717) is 43.1 Å². The van der Waals surface area contributed by atoms with E-state index in [1.54, 1.807) is 21.9 Å². The standard InChI is InChI=1S/C17H21FN2O3S/c18-14-3-1-12(2-4-14)17(23)13-5-7-19(8-6-13)15(21)9-20-11-24-10-16(20)22/h1-4,13,17,23H,5-11H2. The van der Waals surface area contributed by atoms with Crippen LogP contribution in [0.4, 0.5) is 4.39 Å². The number of nitrogens with zero attached hydrogens (tertiary/aromatic N) is 2. The Morgan fingerprint density at radius 3 is 2.54 bits per heavy atom. The third-order valence-electron chi connectivity index (χ3n) is 4.70. The fourth-order valence-corrected chi connectivity index (χ4v) is 4.10. The number of carbonyl (C=O) groups is 2. The van der Waals surface area contributed by atoms with E-state index >= 15 is 0 Å². The summed E-state index contributed by atoms with van der Waals surface area (Å²) in [5, 5.41) is 10.4. The monoisotopic (exact) mass is 352 g/mol. The number of amides is 2. The second kappa shape index (κ2) is 7.53. The quantitative estimate of drug-likeness (QED) is 0.895. The first-order valence-corrected chi connectivity index (χ1v) is 9.27. The van der Waals surface area contributed by atoms with Crippen LogP contribution in [-0.2, 0) is 9.59 Å². The Morgan fingerprint density at radius 1 is 1.29 bits per heavy atom. The lowest BCUT2D eigenvalue weighted by Crippen LogP contribution is -2.45. The van der Waals surface area contributed by atoms with Gasteiger partial charge in [-0.2, -0.15) is 0 Å². The van der Waals surface area contributed by atoms with Gasteiger partial charge in [0.15, 0.2) is 0 Å². The molecule has 1 aromatic carbocycles. The molecule has 3 rings (SSSR count). The largest absolute Gasteiger partial charge is 0.388 e. The van der Waals surface area contributed by atoms with Crippen LogP contribution in [0.15, 0.2) is 24.3 Å². The summed E-state index contributed by atoms with van der Waals surface area (Å²) in [7, 11) is 0. The van der Waals surface area contributed by atoms with E-state index in [4.69, 9.17) is 0 Å². The number of rotatable bonds is 4. The number of aliphatic hydroxyl groups is 1. The molecule has 0 saturated carbocycles. The minimum Gasteiger partial charge on any atom is -0.388 e. The highest BCUT2D eigenvalue weighted by atomic mass is 32.2. The predicted octanol–water partition coefficient (Wildman–Crippen LogP) is 1.63. The summed E-state index contributed by atoms with van der Waals surface area (Å²) >= 11 is 1.53. The Labute approximate surface area is 144 Å². The molecule has 2 aliphatic heterocycles. The molecule has 130 valence electrons. The van der Waals surface area contributed by atoms with Gasteiger partial charge in [-0.25, -0.2) is 4.39 Å². The van der Waals surface area contributed by atoms with Gasteiger partial charge in [-0.15, -0.1) is 11.8 Å². The highest BCUT2D eigenvalue weighted by Crippen LogP contribution is 2.31.